The minimum atomic E-state index is -0.281. The smallest absolute Gasteiger partial charge is 0.337 e. The van der Waals surface area contributed by atoms with Crippen LogP contribution in [0, 0.1) is 0 Å². The van der Waals surface area contributed by atoms with Crippen molar-refractivity contribution >= 4 is 5.97 Å². The van der Waals surface area contributed by atoms with Gasteiger partial charge < -0.3 is 15.0 Å². The van der Waals surface area contributed by atoms with Crippen LogP contribution in [0.3, 0.4) is 0 Å². The maximum atomic E-state index is 11.3. The number of rotatable bonds is 8. The second-order valence-corrected chi connectivity index (χ2v) is 5.62. The normalized spacial score (nSPS) is 15.3. The van der Waals surface area contributed by atoms with Gasteiger partial charge in [-0.3, -0.25) is 0 Å². The quantitative estimate of drug-likeness (QED) is 0.590. The Morgan fingerprint density at radius 3 is 2.57 bits per heavy atom. The molecule has 1 aliphatic rings. The minimum Gasteiger partial charge on any atom is -0.465 e. The summed E-state index contributed by atoms with van der Waals surface area (Å²) in [6.07, 6.45) is 5.24. The highest BCUT2D eigenvalue weighted by Gasteiger charge is 2.09. The Labute approximate surface area is 127 Å². The van der Waals surface area contributed by atoms with E-state index in [1.165, 1.54) is 58.0 Å². The second-order valence-electron chi connectivity index (χ2n) is 5.62. The summed E-state index contributed by atoms with van der Waals surface area (Å²) in [7, 11) is 1.40. The molecule has 21 heavy (non-hydrogen) atoms. The molecule has 0 amide bonds. The number of ether oxygens (including phenoxy) is 1. The molecule has 2 rings (SSSR count). The molecule has 1 aliphatic heterocycles. The van der Waals surface area contributed by atoms with Gasteiger partial charge in [0.25, 0.3) is 0 Å². The van der Waals surface area contributed by atoms with Crippen LogP contribution in [0.4, 0.5) is 0 Å². The number of methoxy groups -OCH3 is 1. The van der Waals surface area contributed by atoms with Crippen LogP contribution in [0.1, 0.15) is 41.6 Å². The van der Waals surface area contributed by atoms with Gasteiger partial charge in [-0.1, -0.05) is 12.1 Å². The van der Waals surface area contributed by atoms with Gasteiger partial charge in [0.05, 0.1) is 12.7 Å². The maximum absolute atomic E-state index is 11.3. The fourth-order valence-corrected chi connectivity index (χ4v) is 2.70. The van der Waals surface area contributed by atoms with Gasteiger partial charge in [-0.25, -0.2) is 4.79 Å². The summed E-state index contributed by atoms with van der Waals surface area (Å²) in [6, 6.07) is 7.58. The summed E-state index contributed by atoms with van der Waals surface area (Å²) < 4.78 is 4.69. The van der Waals surface area contributed by atoms with Crippen LogP contribution in [0.25, 0.3) is 0 Å². The molecular weight excluding hydrogens is 264 g/mol. The lowest BCUT2D eigenvalue weighted by Crippen LogP contribution is -2.22. The molecule has 0 unspecified atom stereocenters. The summed E-state index contributed by atoms with van der Waals surface area (Å²) in [4.78, 5) is 13.9. The zero-order valence-electron chi connectivity index (χ0n) is 12.9. The van der Waals surface area contributed by atoms with Crippen LogP contribution in [0.2, 0.25) is 0 Å². The van der Waals surface area contributed by atoms with E-state index < -0.39 is 0 Å². The van der Waals surface area contributed by atoms with Crippen molar-refractivity contribution in [3.05, 3.63) is 35.4 Å². The molecule has 0 aliphatic carbocycles. The molecule has 4 nitrogen and oxygen atoms in total. The van der Waals surface area contributed by atoms with E-state index in [-0.39, 0.29) is 5.97 Å². The third-order valence-corrected chi connectivity index (χ3v) is 3.98. The van der Waals surface area contributed by atoms with E-state index in [0.717, 1.165) is 13.1 Å². The van der Waals surface area contributed by atoms with Crippen LogP contribution in [0.15, 0.2) is 24.3 Å². The number of hydrogen-bond acceptors (Lipinski definition) is 4. The molecule has 0 aromatic heterocycles. The summed E-state index contributed by atoms with van der Waals surface area (Å²) in [5.74, 6) is -0.281. The van der Waals surface area contributed by atoms with E-state index in [4.69, 9.17) is 0 Å². The van der Waals surface area contributed by atoms with Crippen LogP contribution < -0.4 is 5.32 Å². The maximum Gasteiger partial charge on any atom is 0.337 e. The van der Waals surface area contributed by atoms with Crippen molar-refractivity contribution in [2.24, 2.45) is 0 Å². The number of nitrogens with one attached hydrogen (secondary N) is 1. The second kappa shape index (κ2) is 8.80. The lowest BCUT2D eigenvalue weighted by molar-refractivity contribution is 0.0600. The van der Waals surface area contributed by atoms with Gasteiger partial charge >= 0.3 is 5.97 Å². The monoisotopic (exact) mass is 290 g/mol. The van der Waals surface area contributed by atoms with Crippen molar-refractivity contribution in [1.82, 2.24) is 10.2 Å². The number of unbranched alkanes of at least 4 members (excludes halogenated alkanes) is 1. The number of carbonyl (C=O) groups excluding carboxylic acids is 1. The molecule has 116 valence electrons. The molecule has 1 fully saturated rings. The third-order valence-electron chi connectivity index (χ3n) is 3.98. The Bertz CT molecular complexity index is 425. The number of hydrogen-bond donors (Lipinski definition) is 1. The van der Waals surface area contributed by atoms with Crippen molar-refractivity contribution in [3.63, 3.8) is 0 Å². The zero-order chi connectivity index (χ0) is 14.9. The largest absolute Gasteiger partial charge is 0.465 e. The van der Waals surface area contributed by atoms with Gasteiger partial charge in [0.2, 0.25) is 0 Å². The van der Waals surface area contributed by atoms with Crippen LogP contribution in [-0.2, 0) is 11.3 Å². The predicted molar refractivity (Wildman–Crippen MR) is 84.4 cm³/mol. The first kappa shape index (κ1) is 16.0. The highest BCUT2D eigenvalue weighted by molar-refractivity contribution is 5.89. The SMILES string of the molecule is COC(=O)c1ccc(CNCCCCN2CCCC2)cc1. The van der Waals surface area contributed by atoms with Crippen molar-refractivity contribution in [3.8, 4) is 0 Å². The topological polar surface area (TPSA) is 41.6 Å². The van der Waals surface area contributed by atoms with E-state index in [9.17, 15) is 4.79 Å². The molecule has 1 aromatic rings. The summed E-state index contributed by atoms with van der Waals surface area (Å²) in [6.45, 7) is 5.73. The summed E-state index contributed by atoms with van der Waals surface area (Å²) in [5.41, 5.74) is 1.80. The Kier molecular flexibility index (Phi) is 6.70. The highest BCUT2D eigenvalue weighted by Crippen LogP contribution is 2.08. The molecule has 1 saturated heterocycles. The molecule has 1 heterocycles. The first-order valence-corrected chi connectivity index (χ1v) is 7.90. The Morgan fingerprint density at radius 1 is 1.19 bits per heavy atom. The van der Waals surface area contributed by atoms with Gasteiger partial charge in [0.1, 0.15) is 0 Å². The first-order valence-electron chi connectivity index (χ1n) is 7.90. The fourth-order valence-electron chi connectivity index (χ4n) is 2.70. The predicted octanol–water partition coefficient (Wildman–Crippen LogP) is 2.44. The average Bonchev–Trinajstić information content (AvgIpc) is 3.04. The molecule has 0 saturated carbocycles. The number of esters is 1. The van der Waals surface area contributed by atoms with Crippen LogP contribution >= 0.6 is 0 Å². The molecular formula is C17H26N2O2. The lowest BCUT2D eigenvalue weighted by atomic mass is 10.1. The Morgan fingerprint density at radius 2 is 1.90 bits per heavy atom. The Hall–Kier alpha value is -1.39. The van der Waals surface area contributed by atoms with Gasteiger partial charge in [-0.05, 0) is 69.6 Å². The number of nitrogens with zero attached hydrogens (tertiary/aromatic N) is 1. The number of carbonyl (C=O) groups is 1. The molecule has 0 radical (unpaired) electrons. The molecule has 1 aromatic carbocycles. The van der Waals surface area contributed by atoms with Crippen molar-refractivity contribution in [2.75, 3.05) is 33.3 Å². The molecule has 4 heteroatoms. The van der Waals surface area contributed by atoms with E-state index in [2.05, 4.69) is 15.0 Å². The van der Waals surface area contributed by atoms with Gasteiger partial charge in [0, 0.05) is 6.54 Å². The zero-order valence-corrected chi connectivity index (χ0v) is 12.9. The molecule has 1 N–H and O–H groups in total. The van der Waals surface area contributed by atoms with Gasteiger partial charge in [0.15, 0.2) is 0 Å². The minimum absolute atomic E-state index is 0.281. The van der Waals surface area contributed by atoms with Crippen molar-refractivity contribution in [2.45, 2.75) is 32.2 Å². The van der Waals surface area contributed by atoms with Crippen molar-refractivity contribution < 1.29 is 9.53 Å². The fraction of sp³-hybridized carbons (Fsp3) is 0.588. The standard InChI is InChI=1S/C17H26N2O2/c1-21-17(20)16-8-6-15(7-9-16)14-18-10-2-3-11-19-12-4-5-13-19/h6-9,18H,2-5,10-14H2,1H3. The van der Waals surface area contributed by atoms with Crippen LogP contribution in [0.5, 0.6) is 0 Å². The first-order chi connectivity index (χ1) is 10.3. The average molecular weight is 290 g/mol. The number of benzene rings is 1. The van der Waals surface area contributed by atoms with E-state index in [1.54, 1.807) is 0 Å². The molecule has 0 bridgehead atoms. The van der Waals surface area contributed by atoms with Gasteiger partial charge in [-0.15, -0.1) is 0 Å². The summed E-state index contributed by atoms with van der Waals surface area (Å²) in [5, 5.41) is 3.46. The Balaban J connectivity index is 1.56. The van der Waals surface area contributed by atoms with Crippen molar-refractivity contribution in [1.29, 1.82) is 0 Å². The lowest BCUT2D eigenvalue weighted by Gasteiger charge is -2.14. The molecule has 0 atom stereocenters. The molecule has 0 spiro atoms. The summed E-state index contributed by atoms with van der Waals surface area (Å²) >= 11 is 0. The van der Waals surface area contributed by atoms with E-state index in [1.807, 2.05) is 24.3 Å². The van der Waals surface area contributed by atoms with Crippen LogP contribution in [-0.4, -0.2) is 44.2 Å². The third kappa shape index (κ3) is 5.48. The van der Waals surface area contributed by atoms with E-state index >= 15 is 0 Å². The number of likely N-dealkylation sites (tertiary alicyclic amines) is 1. The highest BCUT2D eigenvalue weighted by atomic mass is 16.5. The van der Waals surface area contributed by atoms with Gasteiger partial charge in [-0.2, -0.15) is 0 Å². The van der Waals surface area contributed by atoms with E-state index in [0.29, 0.717) is 5.56 Å².